The number of aryl methyl sites for hydroxylation is 1. The zero-order valence-electron chi connectivity index (χ0n) is 10.8. The van der Waals surface area contributed by atoms with Crippen molar-refractivity contribution in [2.75, 3.05) is 17.5 Å². The van der Waals surface area contributed by atoms with Crippen LogP contribution in [0.3, 0.4) is 0 Å². The van der Waals surface area contributed by atoms with E-state index in [9.17, 15) is 0 Å². The lowest BCUT2D eigenvalue weighted by Crippen LogP contribution is -1.96. The van der Waals surface area contributed by atoms with Crippen LogP contribution in [-0.4, -0.2) is 22.1 Å². The third-order valence-electron chi connectivity index (χ3n) is 2.65. The first-order valence-corrected chi connectivity index (χ1v) is 7.85. The number of nitrogens with one attached hydrogen (secondary N) is 1. The largest absolute Gasteiger partial charge is 0.340 e. The van der Waals surface area contributed by atoms with Crippen LogP contribution in [0, 0.1) is 0 Å². The van der Waals surface area contributed by atoms with Crippen molar-refractivity contribution in [3.05, 3.63) is 42.2 Å². The van der Waals surface area contributed by atoms with Crippen molar-refractivity contribution in [1.82, 2.24) is 9.97 Å². The Balaban J connectivity index is 2.09. The van der Waals surface area contributed by atoms with Gasteiger partial charge in [-0.1, -0.05) is 12.1 Å². The maximum Gasteiger partial charge on any atom is 0.134 e. The maximum absolute atomic E-state index is 5.72. The van der Waals surface area contributed by atoms with E-state index in [0.29, 0.717) is 5.88 Å². The van der Waals surface area contributed by atoms with Crippen LogP contribution < -0.4 is 5.32 Å². The molecule has 0 spiro atoms. The van der Waals surface area contributed by atoms with Crippen LogP contribution in [0.5, 0.6) is 0 Å². The molecule has 0 bridgehead atoms. The van der Waals surface area contributed by atoms with Crippen LogP contribution in [0.4, 0.5) is 11.5 Å². The predicted octanol–water partition coefficient (Wildman–Crippen LogP) is 4.11. The number of benzene rings is 1. The molecule has 100 valence electrons. The van der Waals surface area contributed by atoms with E-state index in [-0.39, 0.29) is 0 Å². The van der Waals surface area contributed by atoms with E-state index in [1.165, 1.54) is 5.56 Å². The van der Waals surface area contributed by atoms with Gasteiger partial charge in [0.2, 0.25) is 0 Å². The minimum absolute atomic E-state index is 0.695. The van der Waals surface area contributed by atoms with Gasteiger partial charge in [0.1, 0.15) is 17.2 Å². The fourth-order valence-electron chi connectivity index (χ4n) is 1.74. The molecule has 0 aliphatic heterocycles. The van der Waals surface area contributed by atoms with Crippen LogP contribution in [-0.2, 0) is 6.42 Å². The van der Waals surface area contributed by atoms with E-state index >= 15 is 0 Å². The summed E-state index contributed by atoms with van der Waals surface area (Å²) in [6.07, 6.45) is 5.57. The van der Waals surface area contributed by atoms with Crippen LogP contribution in [0.15, 0.2) is 41.7 Å². The van der Waals surface area contributed by atoms with Crippen LogP contribution in [0.2, 0.25) is 0 Å². The number of hydrogen-bond acceptors (Lipinski definition) is 4. The number of anilines is 2. The summed E-state index contributed by atoms with van der Waals surface area (Å²) in [4.78, 5) is 8.37. The summed E-state index contributed by atoms with van der Waals surface area (Å²) >= 11 is 7.32. The van der Waals surface area contributed by atoms with Crippen LogP contribution in [0.25, 0.3) is 0 Å². The zero-order chi connectivity index (χ0) is 13.5. The van der Waals surface area contributed by atoms with Gasteiger partial charge in [-0.05, 0) is 36.8 Å². The molecule has 1 heterocycles. The first-order chi connectivity index (χ1) is 9.31. The second-order valence-electron chi connectivity index (χ2n) is 4.06. The highest BCUT2D eigenvalue weighted by atomic mass is 35.5. The summed E-state index contributed by atoms with van der Waals surface area (Å²) in [7, 11) is 0. The summed E-state index contributed by atoms with van der Waals surface area (Å²) < 4.78 is 0. The van der Waals surface area contributed by atoms with Gasteiger partial charge in [0, 0.05) is 17.6 Å². The molecule has 1 aromatic heterocycles. The molecule has 0 aliphatic carbocycles. The lowest BCUT2D eigenvalue weighted by atomic mass is 10.1. The number of nitrogens with zero attached hydrogens (tertiary/aromatic N) is 2. The Labute approximate surface area is 122 Å². The Kier molecular flexibility index (Phi) is 5.48. The lowest BCUT2D eigenvalue weighted by Gasteiger charge is -2.08. The fourth-order valence-corrected chi connectivity index (χ4v) is 2.26. The monoisotopic (exact) mass is 293 g/mol. The van der Waals surface area contributed by atoms with Gasteiger partial charge in [-0.15, -0.1) is 23.4 Å². The highest BCUT2D eigenvalue weighted by molar-refractivity contribution is 7.98. The normalized spacial score (nSPS) is 10.4. The Bertz CT molecular complexity index is 534. The van der Waals surface area contributed by atoms with Crippen LogP contribution >= 0.6 is 23.4 Å². The number of alkyl halides is 1. The van der Waals surface area contributed by atoms with Crippen molar-refractivity contribution < 1.29 is 0 Å². The number of aromatic nitrogens is 2. The molecule has 2 aromatic rings. The molecule has 1 N–H and O–H groups in total. The fraction of sp³-hybridized carbons (Fsp3) is 0.286. The molecule has 2 rings (SSSR count). The Morgan fingerprint density at radius 3 is 2.95 bits per heavy atom. The van der Waals surface area contributed by atoms with Crippen molar-refractivity contribution in [2.24, 2.45) is 0 Å². The minimum Gasteiger partial charge on any atom is -0.340 e. The lowest BCUT2D eigenvalue weighted by molar-refractivity contribution is 0.929. The smallest absolute Gasteiger partial charge is 0.134 e. The number of rotatable bonds is 6. The summed E-state index contributed by atoms with van der Waals surface area (Å²) in [6.45, 7) is 0. The molecule has 0 unspecified atom stereocenters. The number of hydrogen-bond donors (Lipinski definition) is 1. The van der Waals surface area contributed by atoms with Gasteiger partial charge >= 0.3 is 0 Å². The highest BCUT2D eigenvalue weighted by Crippen LogP contribution is 2.19. The zero-order valence-corrected chi connectivity index (χ0v) is 12.3. The average molecular weight is 294 g/mol. The van der Waals surface area contributed by atoms with Crippen LogP contribution in [0.1, 0.15) is 12.0 Å². The molecule has 0 radical (unpaired) electrons. The van der Waals surface area contributed by atoms with E-state index in [1.54, 1.807) is 18.1 Å². The first-order valence-electron chi connectivity index (χ1n) is 6.10. The van der Waals surface area contributed by atoms with Crippen molar-refractivity contribution in [3.8, 4) is 0 Å². The van der Waals surface area contributed by atoms with Crippen molar-refractivity contribution in [1.29, 1.82) is 0 Å². The van der Waals surface area contributed by atoms with Gasteiger partial charge < -0.3 is 5.32 Å². The molecule has 3 nitrogen and oxygen atoms in total. The van der Waals surface area contributed by atoms with Crippen molar-refractivity contribution in [3.63, 3.8) is 0 Å². The van der Waals surface area contributed by atoms with Gasteiger partial charge in [0.25, 0.3) is 0 Å². The molecule has 19 heavy (non-hydrogen) atoms. The summed E-state index contributed by atoms with van der Waals surface area (Å²) in [5, 5.41) is 4.25. The molecule has 1 aromatic carbocycles. The SMILES string of the molecule is CSc1cc(Nc2cccc(CCCCl)c2)ncn1. The summed E-state index contributed by atoms with van der Waals surface area (Å²) in [6, 6.07) is 10.3. The molecule has 0 fully saturated rings. The van der Waals surface area contributed by atoms with Gasteiger partial charge in [0.05, 0.1) is 0 Å². The molecule has 5 heteroatoms. The van der Waals surface area contributed by atoms with E-state index in [1.807, 2.05) is 24.5 Å². The van der Waals surface area contributed by atoms with Gasteiger partial charge in [-0.2, -0.15) is 0 Å². The Hall–Kier alpha value is -1.26. The number of thioether (sulfide) groups is 1. The highest BCUT2D eigenvalue weighted by Gasteiger charge is 2.00. The van der Waals surface area contributed by atoms with Crippen molar-refractivity contribution >= 4 is 34.9 Å². The molecular formula is C14H16ClN3S. The standard InChI is InChI=1S/C14H16ClN3S/c1-19-14-9-13(16-10-17-14)18-12-6-2-4-11(8-12)5-3-7-15/h2,4,6,8-10H,3,5,7H2,1H3,(H,16,17,18). The average Bonchev–Trinajstić information content (AvgIpc) is 2.46. The Morgan fingerprint density at radius 1 is 1.26 bits per heavy atom. The Morgan fingerprint density at radius 2 is 2.16 bits per heavy atom. The maximum atomic E-state index is 5.72. The third-order valence-corrected chi connectivity index (χ3v) is 3.56. The third kappa shape index (κ3) is 4.40. The second-order valence-corrected chi connectivity index (χ2v) is 5.27. The minimum atomic E-state index is 0.695. The van der Waals surface area contributed by atoms with E-state index in [2.05, 4.69) is 27.4 Å². The van der Waals surface area contributed by atoms with E-state index in [0.717, 1.165) is 29.4 Å². The van der Waals surface area contributed by atoms with Gasteiger partial charge in [-0.3, -0.25) is 0 Å². The molecular weight excluding hydrogens is 278 g/mol. The van der Waals surface area contributed by atoms with Gasteiger partial charge in [0.15, 0.2) is 0 Å². The molecule has 0 saturated heterocycles. The number of halogens is 1. The predicted molar refractivity (Wildman–Crippen MR) is 82.6 cm³/mol. The molecule has 0 amide bonds. The summed E-state index contributed by atoms with van der Waals surface area (Å²) in [5.74, 6) is 1.51. The first kappa shape index (κ1) is 14.2. The van der Waals surface area contributed by atoms with Crippen molar-refractivity contribution in [2.45, 2.75) is 17.9 Å². The molecule has 0 atom stereocenters. The van der Waals surface area contributed by atoms with Gasteiger partial charge in [-0.25, -0.2) is 9.97 Å². The van der Waals surface area contributed by atoms with E-state index < -0.39 is 0 Å². The molecule has 0 aliphatic rings. The second kappa shape index (κ2) is 7.36. The summed E-state index contributed by atoms with van der Waals surface area (Å²) in [5.41, 5.74) is 2.32. The molecule has 0 saturated carbocycles. The quantitative estimate of drug-likeness (QED) is 0.494. The van der Waals surface area contributed by atoms with E-state index in [4.69, 9.17) is 11.6 Å². The topological polar surface area (TPSA) is 37.8 Å².